The van der Waals surface area contributed by atoms with Gasteiger partial charge in [-0.15, -0.1) is 0 Å². The molecule has 2 atom stereocenters. The summed E-state index contributed by atoms with van der Waals surface area (Å²) in [4.78, 5) is 27.2. The molecule has 4 heterocycles. The lowest BCUT2D eigenvalue weighted by molar-refractivity contribution is -0.133. The van der Waals surface area contributed by atoms with Crippen molar-refractivity contribution in [3.8, 4) is 0 Å². The average molecular weight is 486 g/mol. The third kappa shape index (κ3) is 4.47. The maximum Gasteiger partial charge on any atom is 0.248 e. The zero-order valence-electron chi connectivity index (χ0n) is 20.0. The van der Waals surface area contributed by atoms with Gasteiger partial charge in [-0.25, -0.2) is 13.8 Å². The van der Waals surface area contributed by atoms with Crippen LogP contribution < -0.4 is 10.2 Å². The maximum atomic E-state index is 13.7. The number of likely N-dealkylation sites (tertiary alicyclic amines) is 1. The fourth-order valence-corrected chi connectivity index (χ4v) is 6.19. The van der Waals surface area contributed by atoms with Crippen LogP contribution in [0.25, 0.3) is 0 Å². The Bertz CT molecular complexity index is 1100. The predicted octanol–water partition coefficient (Wildman–Crippen LogP) is 4.32. The third-order valence-corrected chi connectivity index (χ3v) is 8.07. The van der Waals surface area contributed by atoms with Gasteiger partial charge in [-0.3, -0.25) is 9.89 Å². The molecule has 2 saturated heterocycles. The number of H-pyrrole nitrogens is 1. The molecule has 6 rings (SSSR count). The van der Waals surface area contributed by atoms with Crippen molar-refractivity contribution in [1.29, 1.82) is 0 Å². The van der Waals surface area contributed by atoms with Crippen molar-refractivity contribution in [3.05, 3.63) is 23.0 Å². The minimum Gasteiger partial charge on any atom is -0.341 e. The van der Waals surface area contributed by atoms with Crippen LogP contribution in [-0.4, -0.2) is 62.6 Å². The molecule has 8 nitrogen and oxygen atoms in total. The van der Waals surface area contributed by atoms with Crippen molar-refractivity contribution in [3.63, 3.8) is 0 Å². The van der Waals surface area contributed by atoms with E-state index in [0.29, 0.717) is 24.0 Å². The molecule has 1 amide bonds. The summed E-state index contributed by atoms with van der Waals surface area (Å²) in [7, 11) is 0. The highest BCUT2D eigenvalue weighted by atomic mass is 19.3. The molecule has 1 saturated carbocycles. The molecular weight excluding hydrogens is 452 g/mol. The maximum absolute atomic E-state index is 13.7. The lowest BCUT2D eigenvalue weighted by atomic mass is 10.0. The fraction of sp³-hybridized carbons (Fsp3) is 0.680. The predicted molar refractivity (Wildman–Crippen MR) is 128 cm³/mol. The largest absolute Gasteiger partial charge is 0.341 e. The Morgan fingerprint density at radius 2 is 1.91 bits per heavy atom. The normalized spacial score (nSPS) is 25.8. The first-order valence-electron chi connectivity index (χ1n) is 13.1. The minimum absolute atomic E-state index is 0.0740. The summed E-state index contributed by atoms with van der Waals surface area (Å²) in [5.41, 5.74) is 2.85. The molecule has 0 aromatic carbocycles. The number of piperidine rings is 1. The Labute approximate surface area is 203 Å². The van der Waals surface area contributed by atoms with E-state index in [-0.39, 0.29) is 30.7 Å². The Balaban J connectivity index is 1.24. The molecule has 0 spiro atoms. The van der Waals surface area contributed by atoms with E-state index in [4.69, 9.17) is 9.97 Å². The number of anilines is 3. The van der Waals surface area contributed by atoms with Gasteiger partial charge >= 0.3 is 0 Å². The Morgan fingerprint density at radius 1 is 1.06 bits per heavy atom. The number of carbonyl (C=O) groups excluding carboxylic acids is 1. The number of rotatable bonds is 5. The topological polar surface area (TPSA) is 90.0 Å². The van der Waals surface area contributed by atoms with Crippen LogP contribution in [0, 0.1) is 0 Å². The fourth-order valence-electron chi connectivity index (χ4n) is 6.19. The van der Waals surface area contributed by atoms with Crippen LogP contribution in [-0.2, 0) is 17.6 Å². The lowest BCUT2D eigenvalue weighted by Crippen LogP contribution is -2.48. The number of aromatic amines is 1. The summed E-state index contributed by atoms with van der Waals surface area (Å²) in [5, 5.41) is 10.6. The second-order valence-electron chi connectivity index (χ2n) is 10.5. The average Bonchev–Trinajstić information content (AvgIpc) is 3.65. The van der Waals surface area contributed by atoms with E-state index in [1.807, 2.05) is 11.0 Å². The van der Waals surface area contributed by atoms with Crippen LogP contribution in [0.2, 0.25) is 0 Å². The number of hydrogen-bond donors (Lipinski definition) is 2. The van der Waals surface area contributed by atoms with Crippen molar-refractivity contribution in [2.45, 2.75) is 88.5 Å². The smallest absolute Gasteiger partial charge is 0.248 e. The van der Waals surface area contributed by atoms with E-state index in [0.717, 1.165) is 81.5 Å². The van der Waals surface area contributed by atoms with E-state index in [1.54, 1.807) is 0 Å². The van der Waals surface area contributed by atoms with Crippen molar-refractivity contribution < 1.29 is 13.6 Å². The molecule has 4 aliphatic rings. The van der Waals surface area contributed by atoms with Gasteiger partial charge in [-0.2, -0.15) is 10.1 Å². The second-order valence-corrected chi connectivity index (χ2v) is 10.5. The monoisotopic (exact) mass is 485 g/mol. The summed E-state index contributed by atoms with van der Waals surface area (Å²) in [6, 6.07) is 1.62. The van der Waals surface area contributed by atoms with Crippen LogP contribution in [0.4, 0.5) is 26.4 Å². The van der Waals surface area contributed by atoms with E-state index < -0.39 is 5.92 Å². The van der Waals surface area contributed by atoms with Gasteiger partial charge in [0, 0.05) is 55.7 Å². The second kappa shape index (κ2) is 9.02. The first kappa shape index (κ1) is 22.7. The molecule has 2 aliphatic heterocycles. The van der Waals surface area contributed by atoms with Gasteiger partial charge in [0.05, 0.1) is 5.69 Å². The van der Waals surface area contributed by atoms with Crippen molar-refractivity contribution in [1.82, 2.24) is 25.1 Å². The molecule has 3 fully saturated rings. The molecule has 2 aromatic rings. The first-order chi connectivity index (χ1) is 17.0. The van der Waals surface area contributed by atoms with Crippen LogP contribution in [0.3, 0.4) is 0 Å². The van der Waals surface area contributed by atoms with Crippen LogP contribution >= 0.6 is 0 Å². The molecule has 188 valence electrons. The van der Waals surface area contributed by atoms with Gasteiger partial charge in [0.2, 0.25) is 17.8 Å². The summed E-state index contributed by atoms with van der Waals surface area (Å²) in [6.07, 6.45) is 8.16. The zero-order valence-corrected chi connectivity index (χ0v) is 20.0. The minimum atomic E-state index is -2.59. The molecule has 0 bridgehead atoms. The number of alkyl halides is 2. The summed E-state index contributed by atoms with van der Waals surface area (Å²) in [6.45, 7) is 2.45. The summed E-state index contributed by atoms with van der Waals surface area (Å²) >= 11 is 0. The molecule has 0 radical (unpaired) electrons. The first-order valence-corrected chi connectivity index (χ1v) is 13.1. The van der Waals surface area contributed by atoms with Crippen LogP contribution in [0.1, 0.15) is 80.7 Å². The number of aromatic nitrogens is 4. The number of nitrogens with zero attached hydrogens (tertiary/aromatic N) is 5. The van der Waals surface area contributed by atoms with Gasteiger partial charge in [0.15, 0.2) is 5.82 Å². The van der Waals surface area contributed by atoms with Crippen LogP contribution in [0.5, 0.6) is 0 Å². The van der Waals surface area contributed by atoms with E-state index in [1.165, 1.54) is 6.42 Å². The number of aryl methyl sites for hydroxylation is 1. The van der Waals surface area contributed by atoms with E-state index in [2.05, 4.69) is 20.4 Å². The quantitative estimate of drug-likeness (QED) is 0.656. The molecular formula is C25H33F2N7O. The highest BCUT2D eigenvalue weighted by Crippen LogP contribution is 2.44. The Hall–Kier alpha value is -2.78. The van der Waals surface area contributed by atoms with Crippen molar-refractivity contribution in [2.75, 3.05) is 29.9 Å². The molecule has 35 heavy (non-hydrogen) atoms. The molecule has 2 aromatic heterocycles. The molecule has 2 aliphatic carbocycles. The number of fused-ring (bicyclic) bond motifs is 1. The van der Waals surface area contributed by atoms with Gasteiger partial charge in [-0.1, -0.05) is 0 Å². The SMILES string of the molecule is O=C([C@H]1CCCN1c1nc2c(c(Nc3cc([C@H]4CCC(F)(F)C4)[nH]n3)n1)CCC2)N1CCCCC1. The van der Waals surface area contributed by atoms with E-state index >= 15 is 0 Å². The van der Waals surface area contributed by atoms with E-state index in [9.17, 15) is 13.6 Å². The van der Waals surface area contributed by atoms with Gasteiger partial charge < -0.3 is 15.1 Å². The zero-order chi connectivity index (χ0) is 24.0. The third-order valence-electron chi connectivity index (χ3n) is 8.07. The number of halogens is 2. The highest BCUT2D eigenvalue weighted by molar-refractivity contribution is 5.85. The summed E-state index contributed by atoms with van der Waals surface area (Å²) in [5.74, 6) is -0.696. The molecule has 2 N–H and O–H groups in total. The number of carbonyl (C=O) groups is 1. The lowest BCUT2D eigenvalue weighted by Gasteiger charge is -2.32. The van der Waals surface area contributed by atoms with Gasteiger partial charge in [0.25, 0.3) is 0 Å². The Morgan fingerprint density at radius 3 is 2.71 bits per heavy atom. The molecule has 0 unspecified atom stereocenters. The standard InChI is InChI=1S/C25H33F2N7O/c26-25(27)10-9-16(15-25)19-14-21(32-31-19)29-22-17-6-4-7-18(17)28-24(30-22)34-13-5-8-20(34)23(35)33-11-2-1-3-12-33/h14,16,20H,1-13,15H2,(H2,28,29,30,31,32)/t16-,20+/m0/s1. The number of hydrogen-bond acceptors (Lipinski definition) is 6. The van der Waals surface area contributed by atoms with Crippen molar-refractivity contribution in [2.24, 2.45) is 0 Å². The van der Waals surface area contributed by atoms with Crippen LogP contribution in [0.15, 0.2) is 6.07 Å². The van der Waals surface area contributed by atoms with Crippen molar-refractivity contribution >= 4 is 23.5 Å². The van der Waals surface area contributed by atoms with Gasteiger partial charge in [-0.05, 0) is 57.8 Å². The number of amides is 1. The number of nitrogens with one attached hydrogen (secondary N) is 2. The van der Waals surface area contributed by atoms with Gasteiger partial charge in [0.1, 0.15) is 11.9 Å². The Kier molecular flexibility index (Phi) is 5.84. The highest BCUT2D eigenvalue weighted by Gasteiger charge is 2.41. The summed E-state index contributed by atoms with van der Waals surface area (Å²) < 4.78 is 27.4. The molecule has 10 heteroatoms.